The summed E-state index contributed by atoms with van der Waals surface area (Å²) in [7, 11) is 0. The fourth-order valence-corrected chi connectivity index (χ4v) is 1.33. The predicted molar refractivity (Wildman–Crippen MR) is 44.6 cm³/mol. The van der Waals surface area contributed by atoms with Crippen molar-refractivity contribution in [1.29, 1.82) is 0 Å². The van der Waals surface area contributed by atoms with Crippen LogP contribution in [0.2, 0.25) is 0 Å². The normalized spacial score (nSPS) is 28.2. The third-order valence-corrected chi connectivity index (χ3v) is 2.22. The molecule has 0 aromatic carbocycles. The first-order valence-electron chi connectivity index (χ1n) is 3.97. The highest BCUT2D eigenvalue weighted by Crippen LogP contribution is 2.29. The van der Waals surface area contributed by atoms with Crippen molar-refractivity contribution < 1.29 is 14.7 Å². The smallest absolute Gasteiger partial charge is 0.333 e. The van der Waals surface area contributed by atoms with Crippen molar-refractivity contribution in [2.24, 2.45) is 0 Å². The van der Waals surface area contributed by atoms with Gasteiger partial charge >= 0.3 is 5.97 Å². The third-order valence-electron chi connectivity index (χ3n) is 2.22. The minimum Gasteiger partial charge on any atom is -0.462 e. The number of esters is 1. The average Bonchev–Trinajstić information content (AvgIpc) is 1.96. The highest BCUT2D eigenvalue weighted by Gasteiger charge is 2.52. The number of hydrogen-bond donors (Lipinski definition) is 0. The van der Waals surface area contributed by atoms with E-state index in [9.17, 15) is 4.79 Å². The molecule has 0 amide bonds. The monoisotopic (exact) mass is 174 g/mol. The van der Waals surface area contributed by atoms with Gasteiger partial charge in [0, 0.05) is 0 Å². The Morgan fingerprint density at radius 3 is 2.33 bits per heavy atom. The predicted octanol–water partition coefficient (Wildman–Crippen LogP) is 0.0420. The molecule has 0 spiro atoms. The first kappa shape index (κ1) is 9.48. The second-order valence-corrected chi connectivity index (χ2v) is 4.28. The van der Waals surface area contributed by atoms with Gasteiger partial charge in [-0.3, -0.25) is 0 Å². The first-order chi connectivity index (χ1) is 5.28. The summed E-state index contributed by atoms with van der Waals surface area (Å²) in [6.07, 6.45) is 0. The second-order valence-electron chi connectivity index (χ2n) is 4.28. The van der Waals surface area contributed by atoms with Crippen LogP contribution in [0.15, 0.2) is 0 Å². The molecule has 1 aliphatic heterocycles. The van der Waals surface area contributed by atoms with E-state index < -0.39 is 11.1 Å². The van der Waals surface area contributed by atoms with Gasteiger partial charge < -0.3 is 9.94 Å². The quantitative estimate of drug-likeness (QED) is 0.385. The van der Waals surface area contributed by atoms with Crippen LogP contribution < -0.4 is 0 Å². The molecule has 0 aliphatic carbocycles. The summed E-state index contributed by atoms with van der Waals surface area (Å²) in [6, 6.07) is 0. The minimum atomic E-state index is -0.832. The highest BCUT2D eigenvalue weighted by molar-refractivity contribution is 5.80. The molecule has 0 unspecified atom stereocenters. The SMILES string of the molecule is CC1(C)COC(=O)C(C)(C)N1[OH2+]. The maximum Gasteiger partial charge on any atom is 0.333 e. The van der Waals surface area contributed by atoms with Crippen molar-refractivity contribution in [2.45, 2.75) is 38.8 Å². The molecule has 12 heavy (non-hydrogen) atoms. The lowest BCUT2D eigenvalue weighted by Crippen LogP contribution is -2.64. The Hall–Kier alpha value is -0.610. The van der Waals surface area contributed by atoms with Crippen LogP contribution in [0.3, 0.4) is 0 Å². The Bertz CT molecular complexity index is 210. The van der Waals surface area contributed by atoms with E-state index in [2.05, 4.69) is 0 Å². The van der Waals surface area contributed by atoms with Crippen molar-refractivity contribution in [3.05, 3.63) is 0 Å². The van der Waals surface area contributed by atoms with Crippen LogP contribution in [-0.2, 0) is 9.53 Å². The third kappa shape index (κ3) is 1.21. The van der Waals surface area contributed by atoms with E-state index in [1.54, 1.807) is 13.8 Å². The standard InChI is InChI=1S/C8H15NO3/c1-7(2)5-12-6(10)8(3,4)9(7)11/h11H,5H2,1-4H3/p+1. The number of cyclic esters (lactones) is 1. The van der Waals surface area contributed by atoms with Crippen molar-refractivity contribution >= 4 is 5.97 Å². The van der Waals surface area contributed by atoms with Gasteiger partial charge in [0.05, 0.1) is 0 Å². The fourth-order valence-electron chi connectivity index (χ4n) is 1.33. The number of morpholine rings is 1. The van der Waals surface area contributed by atoms with E-state index in [0.717, 1.165) is 0 Å². The molecular formula is C8H16NO3+. The van der Waals surface area contributed by atoms with Crippen LogP contribution in [-0.4, -0.2) is 33.9 Å². The van der Waals surface area contributed by atoms with Gasteiger partial charge in [0.25, 0.3) is 0 Å². The largest absolute Gasteiger partial charge is 0.462 e. The molecule has 2 N–H and O–H groups in total. The summed E-state index contributed by atoms with van der Waals surface area (Å²) >= 11 is 0. The van der Waals surface area contributed by atoms with Crippen LogP contribution in [0.25, 0.3) is 0 Å². The summed E-state index contributed by atoms with van der Waals surface area (Å²) in [4.78, 5) is 11.2. The molecule has 0 aromatic rings. The van der Waals surface area contributed by atoms with Crippen molar-refractivity contribution in [1.82, 2.24) is 5.06 Å². The zero-order valence-corrected chi connectivity index (χ0v) is 7.97. The molecule has 70 valence electrons. The molecule has 0 bridgehead atoms. The van der Waals surface area contributed by atoms with Crippen molar-refractivity contribution in [3.8, 4) is 0 Å². The Labute approximate surface area is 72.1 Å². The van der Waals surface area contributed by atoms with Crippen molar-refractivity contribution in [3.63, 3.8) is 0 Å². The van der Waals surface area contributed by atoms with E-state index in [0.29, 0.717) is 6.61 Å². The Morgan fingerprint density at radius 1 is 1.42 bits per heavy atom. The molecule has 1 fully saturated rings. The van der Waals surface area contributed by atoms with E-state index in [1.807, 2.05) is 13.8 Å². The fraction of sp³-hybridized carbons (Fsp3) is 0.875. The highest BCUT2D eigenvalue weighted by atomic mass is 16.6. The average molecular weight is 174 g/mol. The van der Waals surface area contributed by atoms with Gasteiger partial charge in [-0.15, -0.1) is 0 Å². The topological polar surface area (TPSA) is 52.4 Å². The summed E-state index contributed by atoms with van der Waals surface area (Å²) in [5, 5.41) is 9.05. The molecule has 0 radical (unpaired) electrons. The summed E-state index contributed by atoms with van der Waals surface area (Å²) in [6.45, 7) is 7.45. The van der Waals surface area contributed by atoms with Gasteiger partial charge in [-0.2, -0.15) is 0 Å². The van der Waals surface area contributed by atoms with Gasteiger partial charge in [-0.25, -0.2) is 4.79 Å². The zero-order chi connectivity index (χ0) is 9.57. The number of nitrogens with zero attached hydrogens (tertiary/aromatic N) is 1. The zero-order valence-electron chi connectivity index (χ0n) is 7.97. The van der Waals surface area contributed by atoms with Gasteiger partial charge in [0.2, 0.25) is 0 Å². The molecule has 1 heterocycles. The second kappa shape index (κ2) is 2.44. The number of hydrogen-bond acceptors (Lipinski definition) is 3. The summed E-state index contributed by atoms with van der Waals surface area (Å²) < 4.78 is 4.98. The number of hydroxylamine groups is 2. The maximum atomic E-state index is 11.2. The van der Waals surface area contributed by atoms with E-state index in [4.69, 9.17) is 9.94 Å². The van der Waals surface area contributed by atoms with Gasteiger partial charge in [-0.1, -0.05) is 5.06 Å². The van der Waals surface area contributed by atoms with E-state index in [1.165, 1.54) is 5.06 Å². The van der Waals surface area contributed by atoms with Crippen LogP contribution in [0.1, 0.15) is 27.7 Å². The Balaban J connectivity index is 2.93. The van der Waals surface area contributed by atoms with Crippen molar-refractivity contribution in [2.75, 3.05) is 6.61 Å². The lowest BCUT2D eigenvalue weighted by Gasteiger charge is -2.42. The molecule has 0 saturated carbocycles. The lowest BCUT2D eigenvalue weighted by molar-refractivity contribution is -0.264. The molecule has 4 nitrogen and oxygen atoms in total. The Kier molecular flexibility index (Phi) is 1.92. The van der Waals surface area contributed by atoms with E-state index >= 15 is 0 Å². The molecule has 1 saturated heterocycles. The minimum absolute atomic E-state index is 0.290. The molecule has 1 rings (SSSR count). The summed E-state index contributed by atoms with van der Waals surface area (Å²) in [5.41, 5.74) is -1.22. The van der Waals surface area contributed by atoms with E-state index in [-0.39, 0.29) is 5.97 Å². The summed E-state index contributed by atoms with van der Waals surface area (Å²) in [5.74, 6) is -0.322. The molecule has 0 aromatic heterocycles. The first-order valence-corrected chi connectivity index (χ1v) is 3.97. The van der Waals surface area contributed by atoms with Crippen LogP contribution in [0, 0.1) is 0 Å². The number of carbonyl (C=O) groups is 1. The Morgan fingerprint density at radius 2 is 1.92 bits per heavy atom. The number of carbonyl (C=O) groups excluding carboxylic acids is 1. The molecule has 0 atom stereocenters. The molecule has 1 aliphatic rings. The van der Waals surface area contributed by atoms with Crippen LogP contribution >= 0.6 is 0 Å². The lowest BCUT2D eigenvalue weighted by atomic mass is 9.94. The number of rotatable bonds is 0. The van der Waals surface area contributed by atoms with Crippen LogP contribution in [0.5, 0.6) is 0 Å². The van der Waals surface area contributed by atoms with Gasteiger partial charge in [0.1, 0.15) is 12.1 Å². The van der Waals surface area contributed by atoms with Gasteiger partial charge in [0.15, 0.2) is 5.54 Å². The maximum absolute atomic E-state index is 11.2. The molecule has 4 heteroatoms. The number of ether oxygens (including phenoxy) is 1. The van der Waals surface area contributed by atoms with Crippen LogP contribution in [0.4, 0.5) is 0 Å². The van der Waals surface area contributed by atoms with Gasteiger partial charge in [-0.05, 0) is 27.7 Å². The molecular weight excluding hydrogens is 158 g/mol.